The summed E-state index contributed by atoms with van der Waals surface area (Å²) in [5, 5.41) is 18.5. The summed E-state index contributed by atoms with van der Waals surface area (Å²) in [5.74, 6) is -0.109. The molecule has 0 radical (unpaired) electrons. The molecule has 0 saturated heterocycles. The van der Waals surface area contributed by atoms with E-state index in [-0.39, 0.29) is 11.6 Å². The van der Waals surface area contributed by atoms with Gasteiger partial charge in [0.15, 0.2) is 0 Å². The van der Waals surface area contributed by atoms with Crippen molar-refractivity contribution in [1.29, 1.82) is 0 Å². The van der Waals surface area contributed by atoms with Gasteiger partial charge in [0.05, 0.1) is 23.3 Å². The van der Waals surface area contributed by atoms with Crippen molar-refractivity contribution in [3.05, 3.63) is 69.9 Å². The average Bonchev–Trinajstić information content (AvgIpc) is 3.03. The largest absolute Gasteiger partial charge is 0.355 e. The van der Waals surface area contributed by atoms with Crippen LogP contribution in [0.5, 0.6) is 0 Å². The van der Waals surface area contributed by atoms with Crippen molar-refractivity contribution in [2.45, 2.75) is 13.2 Å². The molecule has 0 fully saturated rings. The van der Waals surface area contributed by atoms with Crippen LogP contribution in [0.2, 0.25) is 0 Å². The van der Waals surface area contributed by atoms with E-state index in [9.17, 15) is 14.9 Å². The SMILES string of the molecule is CNC(=O)c1ccc(CN(C)Cn2ncc3cc([N+](=O)[O-])ccc32)cc1. The summed E-state index contributed by atoms with van der Waals surface area (Å²) in [4.78, 5) is 24.1. The number of hydrogen-bond donors (Lipinski definition) is 1. The lowest BCUT2D eigenvalue weighted by Crippen LogP contribution is -2.22. The van der Waals surface area contributed by atoms with Crippen LogP contribution >= 0.6 is 0 Å². The Hall–Kier alpha value is -3.26. The van der Waals surface area contributed by atoms with E-state index in [0.29, 0.717) is 18.8 Å². The zero-order valence-electron chi connectivity index (χ0n) is 14.5. The zero-order chi connectivity index (χ0) is 18.7. The van der Waals surface area contributed by atoms with Crippen molar-refractivity contribution in [1.82, 2.24) is 20.0 Å². The highest BCUT2D eigenvalue weighted by Crippen LogP contribution is 2.21. The summed E-state index contributed by atoms with van der Waals surface area (Å²) in [6.07, 6.45) is 1.63. The molecule has 0 atom stereocenters. The second-order valence-electron chi connectivity index (χ2n) is 6.08. The first kappa shape index (κ1) is 17.6. The van der Waals surface area contributed by atoms with Crippen molar-refractivity contribution in [2.24, 2.45) is 0 Å². The second kappa shape index (κ2) is 7.32. The van der Waals surface area contributed by atoms with Gasteiger partial charge in [-0.2, -0.15) is 5.10 Å². The first-order chi connectivity index (χ1) is 12.5. The zero-order valence-corrected chi connectivity index (χ0v) is 14.5. The minimum absolute atomic E-state index is 0.0570. The molecule has 3 rings (SSSR count). The van der Waals surface area contributed by atoms with E-state index in [2.05, 4.69) is 15.3 Å². The Labute approximate surface area is 150 Å². The number of fused-ring (bicyclic) bond motifs is 1. The number of nitro benzene ring substituents is 1. The van der Waals surface area contributed by atoms with Crippen LogP contribution < -0.4 is 5.32 Å². The number of hydrogen-bond acceptors (Lipinski definition) is 5. The molecular formula is C18H19N5O3. The van der Waals surface area contributed by atoms with Gasteiger partial charge >= 0.3 is 0 Å². The van der Waals surface area contributed by atoms with Crippen molar-refractivity contribution in [3.63, 3.8) is 0 Å². The maximum Gasteiger partial charge on any atom is 0.270 e. The molecule has 0 spiro atoms. The van der Waals surface area contributed by atoms with Crippen molar-refractivity contribution in [3.8, 4) is 0 Å². The normalized spacial score (nSPS) is 11.0. The Kier molecular flexibility index (Phi) is 4.94. The number of nitrogens with zero attached hydrogens (tertiary/aromatic N) is 4. The molecule has 1 amide bonds. The van der Waals surface area contributed by atoms with Crippen molar-refractivity contribution >= 4 is 22.5 Å². The summed E-state index contributed by atoms with van der Waals surface area (Å²) in [7, 11) is 3.57. The standard InChI is InChI=1S/C18H19N5O3/c1-19-18(24)14-5-3-13(4-6-14)11-21(2)12-22-17-8-7-16(23(25)26)9-15(17)10-20-22/h3-10H,11-12H2,1-2H3,(H,19,24). The molecule has 8 heteroatoms. The maximum absolute atomic E-state index is 11.6. The number of carbonyl (C=O) groups excluding carboxylic acids is 1. The van der Waals surface area contributed by atoms with E-state index in [4.69, 9.17) is 0 Å². The van der Waals surface area contributed by atoms with Crippen LogP contribution in [0.15, 0.2) is 48.7 Å². The molecule has 0 aliphatic rings. The van der Waals surface area contributed by atoms with E-state index in [0.717, 1.165) is 16.5 Å². The van der Waals surface area contributed by atoms with E-state index in [1.54, 1.807) is 36.1 Å². The van der Waals surface area contributed by atoms with Crippen LogP contribution in [0.1, 0.15) is 15.9 Å². The second-order valence-corrected chi connectivity index (χ2v) is 6.08. The molecule has 2 aromatic carbocycles. The predicted octanol–water partition coefficient (Wildman–Crippen LogP) is 2.39. The van der Waals surface area contributed by atoms with Gasteiger partial charge in [0.2, 0.25) is 0 Å². The third-order valence-electron chi connectivity index (χ3n) is 4.11. The van der Waals surface area contributed by atoms with Gasteiger partial charge in [0.1, 0.15) is 0 Å². The first-order valence-corrected chi connectivity index (χ1v) is 8.07. The fourth-order valence-corrected chi connectivity index (χ4v) is 2.80. The average molecular weight is 353 g/mol. The molecular weight excluding hydrogens is 334 g/mol. The molecule has 0 aliphatic carbocycles. The highest BCUT2D eigenvalue weighted by Gasteiger charge is 2.11. The quantitative estimate of drug-likeness (QED) is 0.542. The van der Waals surface area contributed by atoms with Gasteiger partial charge in [0.25, 0.3) is 11.6 Å². The van der Waals surface area contributed by atoms with E-state index >= 15 is 0 Å². The fraction of sp³-hybridized carbons (Fsp3) is 0.222. The molecule has 1 heterocycles. The predicted molar refractivity (Wildman–Crippen MR) is 97.7 cm³/mol. The van der Waals surface area contributed by atoms with Crippen LogP contribution in [0.3, 0.4) is 0 Å². The summed E-state index contributed by atoms with van der Waals surface area (Å²) < 4.78 is 1.80. The van der Waals surface area contributed by atoms with Gasteiger partial charge in [-0.05, 0) is 30.8 Å². The van der Waals surface area contributed by atoms with Gasteiger partial charge in [0, 0.05) is 36.7 Å². The van der Waals surface area contributed by atoms with Crippen LogP contribution in [0, 0.1) is 10.1 Å². The monoisotopic (exact) mass is 353 g/mol. The van der Waals surface area contributed by atoms with Gasteiger partial charge in [-0.25, -0.2) is 0 Å². The summed E-state index contributed by atoms with van der Waals surface area (Å²) in [5.41, 5.74) is 2.60. The van der Waals surface area contributed by atoms with Crippen molar-refractivity contribution < 1.29 is 9.72 Å². The first-order valence-electron chi connectivity index (χ1n) is 8.07. The number of non-ortho nitro benzene ring substituents is 1. The van der Waals surface area contributed by atoms with E-state index in [1.807, 2.05) is 19.2 Å². The Morgan fingerprint density at radius 3 is 2.65 bits per heavy atom. The minimum Gasteiger partial charge on any atom is -0.355 e. The van der Waals surface area contributed by atoms with Gasteiger partial charge in [-0.1, -0.05) is 12.1 Å². The lowest BCUT2D eigenvalue weighted by Gasteiger charge is -2.17. The molecule has 0 aliphatic heterocycles. The molecule has 0 bridgehead atoms. The maximum atomic E-state index is 11.6. The van der Waals surface area contributed by atoms with Crippen LogP contribution in [-0.2, 0) is 13.2 Å². The molecule has 1 N–H and O–H groups in total. The molecule has 134 valence electrons. The summed E-state index contributed by atoms with van der Waals surface area (Å²) in [6, 6.07) is 12.2. The smallest absolute Gasteiger partial charge is 0.270 e. The lowest BCUT2D eigenvalue weighted by molar-refractivity contribution is -0.384. The van der Waals surface area contributed by atoms with Gasteiger partial charge in [-0.15, -0.1) is 0 Å². The number of amides is 1. The Balaban J connectivity index is 1.70. The van der Waals surface area contributed by atoms with Gasteiger partial charge in [-0.3, -0.25) is 24.5 Å². The number of nitro groups is 1. The van der Waals surface area contributed by atoms with Gasteiger partial charge < -0.3 is 5.32 Å². The van der Waals surface area contributed by atoms with Crippen LogP contribution in [0.25, 0.3) is 10.9 Å². The van der Waals surface area contributed by atoms with Crippen LogP contribution in [-0.4, -0.2) is 39.6 Å². The molecule has 0 saturated carbocycles. The Morgan fingerprint density at radius 1 is 1.27 bits per heavy atom. The summed E-state index contributed by atoms with van der Waals surface area (Å²) in [6.45, 7) is 1.22. The number of nitrogens with one attached hydrogen (secondary N) is 1. The topological polar surface area (TPSA) is 93.3 Å². The highest BCUT2D eigenvalue weighted by molar-refractivity contribution is 5.93. The lowest BCUT2D eigenvalue weighted by atomic mass is 10.1. The Bertz CT molecular complexity index is 949. The third kappa shape index (κ3) is 3.70. The minimum atomic E-state index is -0.411. The molecule has 3 aromatic rings. The highest BCUT2D eigenvalue weighted by atomic mass is 16.6. The van der Waals surface area contributed by atoms with E-state index in [1.165, 1.54) is 12.1 Å². The van der Waals surface area contributed by atoms with E-state index < -0.39 is 4.92 Å². The molecule has 8 nitrogen and oxygen atoms in total. The van der Waals surface area contributed by atoms with Crippen LogP contribution in [0.4, 0.5) is 5.69 Å². The number of benzene rings is 2. The number of carbonyl (C=O) groups is 1. The third-order valence-corrected chi connectivity index (χ3v) is 4.11. The van der Waals surface area contributed by atoms with Crippen molar-refractivity contribution in [2.75, 3.05) is 14.1 Å². The number of rotatable bonds is 6. The Morgan fingerprint density at radius 2 is 2.00 bits per heavy atom. The fourth-order valence-electron chi connectivity index (χ4n) is 2.80. The molecule has 1 aromatic heterocycles. The molecule has 26 heavy (non-hydrogen) atoms. The summed E-state index contributed by atoms with van der Waals surface area (Å²) >= 11 is 0. The molecule has 0 unspecified atom stereocenters. The number of aromatic nitrogens is 2.